The number of hydrazine groups is 1. The molecule has 0 heterocycles. The Bertz CT molecular complexity index is 502. The normalized spacial score (nSPS) is 19.3. The number of carbonyl (C=O) groups excluding carboxylic acids is 1. The van der Waals surface area contributed by atoms with Crippen molar-refractivity contribution in [1.29, 1.82) is 0 Å². The summed E-state index contributed by atoms with van der Waals surface area (Å²) in [6.07, 6.45) is 3.93. The number of halogens is 2. The lowest BCUT2D eigenvalue weighted by atomic mass is 9.86. The van der Waals surface area contributed by atoms with Gasteiger partial charge in [0.2, 0.25) is 5.91 Å². The highest BCUT2D eigenvalue weighted by atomic mass is 35.5. The van der Waals surface area contributed by atoms with Crippen molar-refractivity contribution in [2.75, 3.05) is 0 Å². The molecular weight excluding hydrogens is 255 g/mol. The van der Waals surface area contributed by atoms with Gasteiger partial charge in [-0.2, -0.15) is 0 Å². The summed E-state index contributed by atoms with van der Waals surface area (Å²) in [6.45, 7) is 0. The molecule has 1 aliphatic rings. The van der Waals surface area contributed by atoms with Gasteiger partial charge in [0.05, 0.1) is 5.02 Å². The molecule has 0 radical (unpaired) electrons. The highest BCUT2D eigenvalue weighted by Crippen LogP contribution is 2.34. The van der Waals surface area contributed by atoms with Crippen LogP contribution in [0.3, 0.4) is 0 Å². The lowest BCUT2D eigenvalue weighted by Crippen LogP contribution is -2.36. The minimum absolute atomic E-state index is 0.105. The molecule has 96 valence electrons. The molecule has 0 spiro atoms. The van der Waals surface area contributed by atoms with Gasteiger partial charge in [0.15, 0.2) is 0 Å². The van der Waals surface area contributed by atoms with Crippen molar-refractivity contribution in [3.63, 3.8) is 0 Å². The fourth-order valence-corrected chi connectivity index (χ4v) is 2.43. The Kier molecular flexibility index (Phi) is 3.99. The summed E-state index contributed by atoms with van der Waals surface area (Å²) in [4.78, 5) is 11.4. The second-order valence-electron chi connectivity index (χ2n) is 4.31. The second kappa shape index (κ2) is 5.50. The van der Waals surface area contributed by atoms with E-state index < -0.39 is 5.82 Å². The molecule has 0 aromatic heterocycles. The Morgan fingerprint density at radius 3 is 2.89 bits per heavy atom. The van der Waals surface area contributed by atoms with E-state index in [0.717, 1.165) is 5.57 Å². The summed E-state index contributed by atoms with van der Waals surface area (Å²) >= 11 is 5.94. The van der Waals surface area contributed by atoms with Gasteiger partial charge in [0.25, 0.3) is 0 Å². The largest absolute Gasteiger partial charge is 0.294 e. The number of hydrogen-bond donors (Lipinski definition) is 2. The quantitative estimate of drug-likeness (QED) is 0.492. The average Bonchev–Trinajstić information content (AvgIpc) is 2.41. The first-order valence-corrected chi connectivity index (χ1v) is 6.15. The summed E-state index contributed by atoms with van der Waals surface area (Å²) in [5, 5.41) is 0.144. The maximum Gasteiger partial charge on any atom is 0.237 e. The Balaban J connectivity index is 2.19. The number of rotatable bonds is 2. The Morgan fingerprint density at radius 1 is 1.50 bits per heavy atom. The first kappa shape index (κ1) is 13.1. The van der Waals surface area contributed by atoms with E-state index in [1.807, 2.05) is 6.08 Å². The zero-order valence-corrected chi connectivity index (χ0v) is 10.5. The Labute approximate surface area is 110 Å². The van der Waals surface area contributed by atoms with E-state index in [9.17, 15) is 9.18 Å². The molecule has 0 bridgehead atoms. The van der Waals surface area contributed by atoms with Gasteiger partial charge in [-0.15, -0.1) is 0 Å². The summed E-state index contributed by atoms with van der Waals surface area (Å²) in [7, 11) is 0. The van der Waals surface area contributed by atoms with E-state index in [1.54, 1.807) is 12.1 Å². The molecule has 0 fully saturated rings. The van der Waals surface area contributed by atoms with Crippen LogP contribution >= 0.6 is 11.6 Å². The molecule has 3 N–H and O–H groups in total. The number of hydrogen-bond acceptors (Lipinski definition) is 2. The van der Waals surface area contributed by atoms with Gasteiger partial charge in [-0.1, -0.05) is 29.8 Å². The van der Waals surface area contributed by atoms with Gasteiger partial charge < -0.3 is 0 Å². The second-order valence-corrected chi connectivity index (χ2v) is 4.69. The van der Waals surface area contributed by atoms with E-state index in [4.69, 9.17) is 17.4 Å². The van der Waals surface area contributed by atoms with Crippen molar-refractivity contribution in [3.8, 4) is 0 Å². The molecule has 2 rings (SSSR count). The maximum absolute atomic E-state index is 13.4. The first-order valence-electron chi connectivity index (χ1n) is 5.77. The molecule has 0 saturated carbocycles. The minimum atomic E-state index is -0.420. The predicted molar refractivity (Wildman–Crippen MR) is 69.1 cm³/mol. The molecule has 1 atom stereocenters. The number of amides is 1. The molecule has 3 nitrogen and oxygen atoms in total. The van der Waals surface area contributed by atoms with Gasteiger partial charge in [-0.25, -0.2) is 10.2 Å². The predicted octanol–water partition coefficient (Wildman–Crippen LogP) is 2.65. The van der Waals surface area contributed by atoms with Gasteiger partial charge >= 0.3 is 0 Å². The van der Waals surface area contributed by atoms with Crippen LogP contribution in [-0.2, 0) is 4.79 Å². The van der Waals surface area contributed by atoms with Crippen molar-refractivity contribution in [3.05, 3.63) is 40.7 Å². The molecule has 18 heavy (non-hydrogen) atoms. The Hall–Kier alpha value is -1.39. The van der Waals surface area contributed by atoms with Crippen LogP contribution in [-0.4, -0.2) is 5.91 Å². The minimum Gasteiger partial charge on any atom is -0.294 e. The average molecular weight is 269 g/mol. The topological polar surface area (TPSA) is 55.1 Å². The van der Waals surface area contributed by atoms with Gasteiger partial charge in [-0.3, -0.25) is 10.2 Å². The third-order valence-electron chi connectivity index (χ3n) is 3.22. The number of nitrogens with one attached hydrogen (secondary N) is 1. The lowest BCUT2D eigenvalue weighted by molar-refractivity contribution is -0.125. The summed E-state index contributed by atoms with van der Waals surface area (Å²) in [5.74, 6) is 4.42. The van der Waals surface area contributed by atoms with Crippen molar-refractivity contribution < 1.29 is 9.18 Å². The standard InChI is InChI=1S/C13H14ClFN2O/c14-12-10(2-1-3-11(12)15)8-4-6-9(7-5-8)13(18)17-16/h1-4,9H,5-7,16H2,(H,17,18). The van der Waals surface area contributed by atoms with Crippen LogP contribution in [0.5, 0.6) is 0 Å². The van der Waals surface area contributed by atoms with Crippen LogP contribution in [0.2, 0.25) is 5.02 Å². The zero-order chi connectivity index (χ0) is 13.1. The van der Waals surface area contributed by atoms with Crippen molar-refractivity contribution >= 4 is 23.1 Å². The number of benzene rings is 1. The van der Waals surface area contributed by atoms with Crippen molar-refractivity contribution in [1.82, 2.24) is 5.43 Å². The molecule has 1 unspecified atom stereocenters. The number of carbonyl (C=O) groups is 1. The van der Waals surface area contributed by atoms with Crippen LogP contribution in [0, 0.1) is 11.7 Å². The summed E-state index contributed by atoms with van der Waals surface area (Å²) < 4.78 is 13.4. The van der Waals surface area contributed by atoms with E-state index in [1.165, 1.54) is 6.07 Å². The van der Waals surface area contributed by atoms with Crippen LogP contribution < -0.4 is 11.3 Å². The van der Waals surface area contributed by atoms with Gasteiger partial charge in [0.1, 0.15) is 5.82 Å². The molecule has 1 amide bonds. The molecule has 1 aromatic carbocycles. The van der Waals surface area contributed by atoms with Crippen LogP contribution in [0.1, 0.15) is 24.8 Å². The molecule has 0 saturated heterocycles. The van der Waals surface area contributed by atoms with Crippen LogP contribution in [0.15, 0.2) is 24.3 Å². The number of allylic oxidation sites excluding steroid dienone is 2. The molecule has 0 aliphatic heterocycles. The van der Waals surface area contributed by atoms with Gasteiger partial charge in [0, 0.05) is 5.92 Å². The monoisotopic (exact) mass is 268 g/mol. The van der Waals surface area contributed by atoms with Crippen LogP contribution in [0.25, 0.3) is 5.57 Å². The van der Waals surface area contributed by atoms with Crippen LogP contribution in [0.4, 0.5) is 4.39 Å². The van der Waals surface area contributed by atoms with E-state index >= 15 is 0 Å². The van der Waals surface area contributed by atoms with Crippen molar-refractivity contribution in [2.45, 2.75) is 19.3 Å². The maximum atomic E-state index is 13.4. The smallest absolute Gasteiger partial charge is 0.237 e. The Morgan fingerprint density at radius 2 is 2.28 bits per heavy atom. The lowest BCUT2D eigenvalue weighted by Gasteiger charge is -2.21. The molecule has 1 aliphatic carbocycles. The highest BCUT2D eigenvalue weighted by Gasteiger charge is 2.22. The third kappa shape index (κ3) is 2.54. The van der Waals surface area contributed by atoms with E-state index in [-0.39, 0.29) is 16.8 Å². The first-order chi connectivity index (χ1) is 8.63. The summed E-state index contributed by atoms with van der Waals surface area (Å²) in [6, 6.07) is 4.76. The third-order valence-corrected chi connectivity index (χ3v) is 3.61. The molecule has 5 heteroatoms. The SMILES string of the molecule is NNC(=O)C1CC=C(c2cccc(F)c2Cl)CC1. The van der Waals surface area contributed by atoms with Gasteiger partial charge in [-0.05, 0) is 36.5 Å². The van der Waals surface area contributed by atoms with E-state index in [2.05, 4.69) is 5.43 Å². The van der Waals surface area contributed by atoms with Crippen molar-refractivity contribution in [2.24, 2.45) is 11.8 Å². The fraction of sp³-hybridized carbons (Fsp3) is 0.308. The fourth-order valence-electron chi connectivity index (χ4n) is 2.19. The highest BCUT2D eigenvalue weighted by molar-refractivity contribution is 6.32. The molecular formula is C13H14ClFN2O. The van der Waals surface area contributed by atoms with E-state index in [0.29, 0.717) is 24.8 Å². The molecule has 1 aromatic rings. The zero-order valence-electron chi connectivity index (χ0n) is 9.75. The number of nitrogens with two attached hydrogens (primary N) is 1. The summed E-state index contributed by atoms with van der Waals surface area (Å²) in [5.41, 5.74) is 3.85.